The molecule has 0 bridgehead atoms. The lowest BCUT2D eigenvalue weighted by Gasteiger charge is -2.21. The van der Waals surface area contributed by atoms with E-state index in [0.717, 1.165) is 11.9 Å². The molecule has 5 heteroatoms. The number of H-pyrrole nitrogens is 1. The number of aromatic nitrogens is 3. The second-order valence-electron chi connectivity index (χ2n) is 5.30. The van der Waals surface area contributed by atoms with Gasteiger partial charge in [0.05, 0.1) is 0 Å². The monoisotopic (exact) mass is 306 g/mol. The van der Waals surface area contributed by atoms with Crippen LogP contribution in [-0.2, 0) is 6.42 Å². The number of amides is 1. The number of rotatable bonds is 6. The van der Waals surface area contributed by atoms with Crippen molar-refractivity contribution in [1.82, 2.24) is 20.3 Å². The molecule has 0 fully saturated rings. The van der Waals surface area contributed by atoms with E-state index in [0.29, 0.717) is 24.2 Å². The van der Waals surface area contributed by atoms with E-state index in [4.69, 9.17) is 0 Å². The van der Waals surface area contributed by atoms with Gasteiger partial charge in [-0.3, -0.25) is 4.79 Å². The van der Waals surface area contributed by atoms with Gasteiger partial charge in [-0.05, 0) is 30.2 Å². The summed E-state index contributed by atoms with van der Waals surface area (Å²) in [6, 6.07) is 15.5. The molecule has 0 aliphatic heterocycles. The Balaban J connectivity index is 1.76. The average molecular weight is 306 g/mol. The van der Waals surface area contributed by atoms with Crippen LogP contribution in [0.5, 0.6) is 0 Å². The Kier molecular flexibility index (Phi) is 4.47. The highest BCUT2D eigenvalue weighted by Gasteiger charge is 2.15. The summed E-state index contributed by atoms with van der Waals surface area (Å²) in [5.41, 5.74) is 3.26. The van der Waals surface area contributed by atoms with Crippen molar-refractivity contribution in [3.05, 3.63) is 72.3 Å². The summed E-state index contributed by atoms with van der Waals surface area (Å²) >= 11 is 0. The first-order valence-corrected chi connectivity index (χ1v) is 7.52. The highest BCUT2D eigenvalue weighted by Crippen LogP contribution is 2.13. The molecule has 116 valence electrons. The minimum Gasteiger partial charge on any atom is -0.335 e. The Morgan fingerprint density at radius 1 is 1.13 bits per heavy atom. The lowest BCUT2D eigenvalue weighted by molar-refractivity contribution is 0.0776. The van der Waals surface area contributed by atoms with Crippen LogP contribution in [0.4, 0.5) is 0 Å². The van der Waals surface area contributed by atoms with Gasteiger partial charge in [-0.1, -0.05) is 36.4 Å². The molecular formula is C18H18N4O. The van der Waals surface area contributed by atoms with Gasteiger partial charge in [-0.25, -0.2) is 0 Å². The van der Waals surface area contributed by atoms with Crippen LogP contribution in [0.15, 0.2) is 61.2 Å². The maximum atomic E-state index is 12.7. The maximum Gasteiger partial charge on any atom is 0.254 e. The molecule has 0 saturated heterocycles. The predicted molar refractivity (Wildman–Crippen MR) is 90.1 cm³/mol. The fraction of sp³-hybridized carbons (Fsp3) is 0.167. The molecule has 3 rings (SSSR count). The van der Waals surface area contributed by atoms with Gasteiger partial charge in [0.2, 0.25) is 0 Å². The molecule has 0 atom stereocenters. The number of aromatic amines is 1. The number of carbonyl (C=O) groups is 1. The van der Waals surface area contributed by atoms with Crippen molar-refractivity contribution in [2.75, 3.05) is 13.1 Å². The Labute approximate surface area is 134 Å². The number of fused-ring (bicyclic) bond motifs is 1. The molecule has 0 saturated carbocycles. The smallest absolute Gasteiger partial charge is 0.254 e. The second-order valence-corrected chi connectivity index (χ2v) is 5.30. The Hall–Kier alpha value is -2.95. The van der Waals surface area contributed by atoms with Gasteiger partial charge in [0, 0.05) is 18.7 Å². The number of hydrogen-bond acceptors (Lipinski definition) is 3. The minimum absolute atomic E-state index is 0.0225. The van der Waals surface area contributed by atoms with Crippen molar-refractivity contribution in [3.8, 4) is 0 Å². The highest BCUT2D eigenvalue weighted by molar-refractivity contribution is 5.97. The van der Waals surface area contributed by atoms with Crippen LogP contribution >= 0.6 is 0 Å². The van der Waals surface area contributed by atoms with Gasteiger partial charge in [0.25, 0.3) is 5.91 Å². The van der Waals surface area contributed by atoms with E-state index in [1.54, 1.807) is 29.2 Å². The molecule has 0 aliphatic carbocycles. The second kappa shape index (κ2) is 6.87. The van der Waals surface area contributed by atoms with Crippen LogP contribution in [0.2, 0.25) is 0 Å². The van der Waals surface area contributed by atoms with Crippen LogP contribution in [0.3, 0.4) is 0 Å². The molecule has 1 heterocycles. The van der Waals surface area contributed by atoms with Crippen molar-refractivity contribution in [2.45, 2.75) is 6.42 Å². The Morgan fingerprint density at radius 2 is 1.91 bits per heavy atom. The van der Waals surface area contributed by atoms with Crippen molar-refractivity contribution < 1.29 is 4.79 Å². The van der Waals surface area contributed by atoms with E-state index in [1.807, 2.05) is 18.2 Å². The fourth-order valence-electron chi connectivity index (χ4n) is 2.50. The SMILES string of the molecule is C=CCN(CCc1ccccc1)C(=O)c1ccc2n[nH]nc2c1. The fourth-order valence-corrected chi connectivity index (χ4v) is 2.50. The highest BCUT2D eigenvalue weighted by atomic mass is 16.2. The molecule has 1 N–H and O–H groups in total. The average Bonchev–Trinajstić information content (AvgIpc) is 3.06. The third kappa shape index (κ3) is 3.45. The molecule has 3 aromatic rings. The van der Waals surface area contributed by atoms with Crippen molar-refractivity contribution in [2.24, 2.45) is 0 Å². The topological polar surface area (TPSA) is 61.9 Å². The molecule has 0 aliphatic rings. The van der Waals surface area contributed by atoms with E-state index in [9.17, 15) is 4.79 Å². The van der Waals surface area contributed by atoms with E-state index < -0.39 is 0 Å². The van der Waals surface area contributed by atoms with Crippen LogP contribution in [-0.4, -0.2) is 39.3 Å². The lowest BCUT2D eigenvalue weighted by Crippen LogP contribution is -2.33. The normalized spacial score (nSPS) is 10.6. The van der Waals surface area contributed by atoms with Gasteiger partial charge in [-0.15, -0.1) is 6.58 Å². The summed E-state index contributed by atoms with van der Waals surface area (Å²) in [5, 5.41) is 10.6. The largest absolute Gasteiger partial charge is 0.335 e. The standard InChI is InChI=1S/C18H18N4O/c1-2-11-22(12-10-14-6-4-3-5-7-14)18(23)15-8-9-16-17(13-15)20-21-19-16/h2-9,13H,1,10-12H2,(H,19,20,21). The summed E-state index contributed by atoms with van der Waals surface area (Å²) in [4.78, 5) is 14.5. The summed E-state index contributed by atoms with van der Waals surface area (Å²) < 4.78 is 0. The van der Waals surface area contributed by atoms with E-state index in [2.05, 4.69) is 34.1 Å². The summed E-state index contributed by atoms with van der Waals surface area (Å²) in [6.45, 7) is 4.91. The first kappa shape index (κ1) is 15.0. The van der Waals surface area contributed by atoms with Gasteiger partial charge >= 0.3 is 0 Å². The van der Waals surface area contributed by atoms with Crippen molar-refractivity contribution >= 4 is 16.9 Å². The minimum atomic E-state index is -0.0225. The van der Waals surface area contributed by atoms with Gasteiger partial charge in [-0.2, -0.15) is 15.4 Å². The number of nitrogens with zero attached hydrogens (tertiary/aromatic N) is 3. The quantitative estimate of drug-likeness (QED) is 0.712. The zero-order chi connectivity index (χ0) is 16.1. The zero-order valence-electron chi connectivity index (χ0n) is 12.8. The number of benzene rings is 2. The number of carbonyl (C=O) groups excluding carboxylic acids is 1. The first-order chi connectivity index (χ1) is 11.3. The molecule has 23 heavy (non-hydrogen) atoms. The molecule has 0 radical (unpaired) electrons. The third-order valence-corrected chi connectivity index (χ3v) is 3.71. The molecule has 0 unspecified atom stereocenters. The summed E-state index contributed by atoms with van der Waals surface area (Å²) in [7, 11) is 0. The van der Waals surface area contributed by atoms with E-state index in [-0.39, 0.29) is 5.91 Å². The van der Waals surface area contributed by atoms with Crippen molar-refractivity contribution in [3.63, 3.8) is 0 Å². The zero-order valence-corrected chi connectivity index (χ0v) is 12.8. The molecule has 1 aromatic heterocycles. The predicted octanol–water partition coefficient (Wildman–Crippen LogP) is 2.83. The molecule has 0 spiro atoms. The maximum absolute atomic E-state index is 12.7. The van der Waals surface area contributed by atoms with Crippen LogP contribution in [0.25, 0.3) is 11.0 Å². The third-order valence-electron chi connectivity index (χ3n) is 3.71. The van der Waals surface area contributed by atoms with Crippen molar-refractivity contribution in [1.29, 1.82) is 0 Å². The lowest BCUT2D eigenvalue weighted by atomic mass is 10.1. The van der Waals surface area contributed by atoms with E-state index >= 15 is 0 Å². The molecule has 2 aromatic carbocycles. The van der Waals surface area contributed by atoms with Crippen LogP contribution in [0.1, 0.15) is 15.9 Å². The first-order valence-electron chi connectivity index (χ1n) is 7.52. The number of hydrogen-bond donors (Lipinski definition) is 1. The number of nitrogens with one attached hydrogen (secondary N) is 1. The molecule has 1 amide bonds. The summed E-state index contributed by atoms with van der Waals surface area (Å²) in [6.07, 6.45) is 2.56. The van der Waals surface area contributed by atoms with Crippen LogP contribution < -0.4 is 0 Å². The van der Waals surface area contributed by atoms with E-state index in [1.165, 1.54) is 5.56 Å². The van der Waals surface area contributed by atoms with Gasteiger partial charge in [0.1, 0.15) is 11.0 Å². The molecule has 5 nitrogen and oxygen atoms in total. The Morgan fingerprint density at radius 3 is 2.70 bits per heavy atom. The van der Waals surface area contributed by atoms with Crippen LogP contribution in [0, 0.1) is 0 Å². The van der Waals surface area contributed by atoms with Gasteiger partial charge < -0.3 is 4.90 Å². The van der Waals surface area contributed by atoms with Gasteiger partial charge in [0.15, 0.2) is 0 Å². The molecular weight excluding hydrogens is 288 g/mol. The Bertz CT molecular complexity index is 810. The summed E-state index contributed by atoms with van der Waals surface area (Å²) in [5.74, 6) is -0.0225.